The van der Waals surface area contributed by atoms with Crippen LogP contribution in [-0.4, -0.2) is 42.1 Å². The molecule has 0 unspecified atom stereocenters. The van der Waals surface area contributed by atoms with Crippen LogP contribution in [0.4, 0.5) is 5.95 Å². The summed E-state index contributed by atoms with van der Waals surface area (Å²) in [6.07, 6.45) is 5.71. The van der Waals surface area contributed by atoms with Crippen LogP contribution in [0.25, 0.3) is 0 Å². The van der Waals surface area contributed by atoms with Gasteiger partial charge in [0.2, 0.25) is 17.7 Å². The number of ether oxygens (including phenoxy) is 1. The highest BCUT2D eigenvalue weighted by Gasteiger charge is 2.32. The molecular weight excluding hydrogens is 256 g/mol. The fourth-order valence-electron chi connectivity index (χ4n) is 2.49. The molecule has 1 saturated carbocycles. The van der Waals surface area contributed by atoms with E-state index >= 15 is 0 Å². The first-order valence-corrected chi connectivity index (χ1v) is 7.18. The minimum atomic E-state index is 0.237. The fraction of sp³-hybridized carbons (Fsp3) is 0.643. The number of aromatic nitrogens is 2. The van der Waals surface area contributed by atoms with E-state index in [1.54, 1.807) is 19.4 Å². The molecule has 0 aromatic carbocycles. The van der Waals surface area contributed by atoms with Gasteiger partial charge in [0.05, 0.1) is 7.11 Å². The Balaban J connectivity index is 1.53. The first-order valence-electron chi connectivity index (χ1n) is 7.18. The maximum absolute atomic E-state index is 11.7. The fourth-order valence-corrected chi connectivity index (χ4v) is 2.49. The van der Waals surface area contributed by atoms with Crippen LogP contribution >= 0.6 is 0 Å². The van der Waals surface area contributed by atoms with Gasteiger partial charge in [-0.2, -0.15) is 4.98 Å². The van der Waals surface area contributed by atoms with Crippen molar-refractivity contribution in [1.82, 2.24) is 15.3 Å². The summed E-state index contributed by atoms with van der Waals surface area (Å²) in [6.45, 7) is 1.73. The Morgan fingerprint density at radius 1 is 1.35 bits per heavy atom. The summed E-state index contributed by atoms with van der Waals surface area (Å²) in [5.74, 6) is 1.81. The Labute approximate surface area is 118 Å². The maximum Gasteiger partial charge on any atom is 0.228 e. The van der Waals surface area contributed by atoms with Crippen LogP contribution in [0.2, 0.25) is 0 Å². The van der Waals surface area contributed by atoms with Crippen molar-refractivity contribution in [3.63, 3.8) is 0 Å². The Hall–Kier alpha value is -1.85. The second-order valence-corrected chi connectivity index (χ2v) is 5.44. The number of amides is 1. The molecule has 108 valence electrons. The lowest BCUT2D eigenvalue weighted by Crippen LogP contribution is -2.45. The highest BCUT2D eigenvalue weighted by Crippen LogP contribution is 2.29. The normalized spacial score (nSPS) is 19.8. The molecule has 1 N–H and O–H groups in total. The number of piperidine rings is 1. The van der Waals surface area contributed by atoms with Crippen LogP contribution in [0.5, 0.6) is 5.88 Å². The lowest BCUT2D eigenvalue weighted by atomic mass is 10.1. The summed E-state index contributed by atoms with van der Waals surface area (Å²) in [5, 5.41) is 3.14. The molecule has 3 rings (SSSR count). The Bertz CT molecular complexity index is 482. The van der Waals surface area contributed by atoms with Gasteiger partial charge in [-0.25, -0.2) is 4.98 Å². The second-order valence-electron chi connectivity index (χ2n) is 5.44. The summed E-state index contributed by atoms with van der Waals surface area (Å²) < 4.78 is 5.12. The minimum Gasteiger partial charge on any atom is -0.481 e. The third-order valence-corrected chi connectivity index (χ3v) is 3.90. The Morgan fingerprint density at radius 2 is 2.10 bits per heavy atom. The van der Waals surface area contributed by atoms with E-state index in [1.165, 1.54) is 0 Å². The average Bonchev–Trinajstić information content (AvgIpc) is 3.33. The van der Waals surface area contributed by atoms with Gasteiger partial charge in [-0.05, 0) is 25.7 Å². The van der Waals surface area contributed by atoms with E-state index in [0.717, 1.165) is 38.8 Å². The Morgan fingerprint density at radius 3 is 2.75 bits per heavy atom. The SMILES string of the molecule is COc1ccnc(N2CCC(NC(=O)C3CC3)CC2)n1. The highest BCUT2D eigenvalue weighted by atomic mass is 16.5. The van der Waals surface area contributed by atoms with Gasteiger partial charge in [-0.3, -0.25) is 4.79 Å². The zero-order chi connectivity index (χ0) is 13.9. The summed E-state index contributed by atoms with van der Waals surface area (Å²) >= 11 is 0. The quantitative estimate of drug-likeness (QED) is 0.888. The molecule has 1 amide bonds. The van der Waals surface area contributed by atoms with Crippen molar-refractivity contribution >= 4 is 11.9 Å². The summed E-state index contributed by atoms with van der Waals surface area (Å²) in [6, 6.07) is 2.04. The molecular formula is C14H20N4O2. The largest absolute Gasteiger partial charge is 0.481 e. The molecule has 1 aliphatic heterocycles. The third kappa shape index (κ3) is 3.00. The number of anilines is 1. The topological polar surface area (TPSA) is 67.3 Å². The third-order valence-electron chi connectivity index (χ3n) is 3.90. The van der Waals surface area contributed by atoms with E-state index in [4.69, 9.17) is 4.74 Å². The van der Waals surface area contributed by atoms with Crippen LogP contribution in [0.3, 0.4) is 0 Å². The molecule has 0 atom stereocenters. The lowest BCUT2D eigenvalue weighted by Gasteiger charge is -2.32. The lowest BCUT2D eigenvalue weighted by molar-refractivity contribution is -0.123. The van der Waals surface area contributed by atoms with Gasteiger partial charge in [-0.15, -0.1) is 0 Å². The summed E-state index contributed by atoms with van der Waals surface area (Å²) in [7, 11) is 1.60. The molecule has 2 fully saturated rings. The van der Waals surface area contributed by atoms with Crippen LogP contribution in [-0.2, 0) is 4.79 Å². The van der Waals surface area contributed by atoms with Crippen LogP contribution in [0.1, 0.15) is 25.7 Å². The van der Waals surface area contributed by atoms with Gasteiger partial charge in [0.15, 0.2) is 0 Å². The molecule has 0 radical (unpaired) electrons. The van der Waals surface area contributed by atoms with E-state index < -0.39 is 0 Å². The molecule has 1 aromatic heterocycles. The van der Waals surface area contributed by atoms with E-state index in [-0.39, 0.29) is 11.8 Å². The van der Waals surface area contributed by atoms with E-state index in [0.29, 0.717) is 17.9 Å². The number of rotatable bonds is 4. The van der Waals surface area contributed by atoms with Crippen molar-refractivity contribution in [3.8, 4) is 5.88 Å². The zero-order valence-corrected chi connectivity index (χ0v) is 11.7. The van der Waals surface area contributed by atoms with Gasteiger partial charge in [0.25, 0.3) is 0 Å². The molecule has 6 nitrogen and oxygen atoms in total. The van der Waals surface area contributed by atoms with Crippen LogP contribution < -0.4 is 15.0 Å². The van der Waals surface area contributed by atoms with Crippen molar-refractivity contribution in [2.24, 2.45) is 5.92 Å². The number of hydrogen-bond acceptors (Lipinski definition) is 5. The Kier molecular flexibility index (Phi) is 3.71. The zero-order valence-electron chi connectivity index (χ0n) is 11.7. The number of nitrogens with zero attached hydrogens (tertiary/aromatic N) is 3. The number of nitrogens with one attached hydrogen (secondary N) is 1. The van der Waals surface area contributed by atoms with Crippen LogP contribution in [0.15, 0.2) is 12.3 Å². The van der Waals surface area contributed by atoms with Crippen molar-refractivity contribution < 1.29 is 9.53 Å². The van der Waals surface area contributed by atoms with Crippen LogP contribution in [0, 0.1) is 5.92 Å². The highest BCUT2D eigenvalue weighted by molar-refractivity contribution is 5.81. The number of carbonyl (C=O) groups is 1. The first-order chi connectivity index (χ1) is 9.76. The van der Waals surface area contributed by atoms with E-state index in [9.17, 15) is 4.79 Å². The standard InChI is InChI=1S/C14H20N4O2/c1-20-12-4-7-15-14(17-12)18-8-5-11(6-9-18)16-13(19)10-2-3-10/h4,7,10-11H,2-3,5-6,8-9H2,1H3,(H,16,19). The predicted octanol–water partition coefficient (Wildman–Crippen LogP) is 0.980. The summed E-state index contributed by atoms with van der Waals surface area (Å²) in [4.78, 5) is 22.5. The van der Waals surface area contributed by atoms with Gasteiger partial charge < -0.3 is 15.0 Å². The molecule has 6 heteroatoms. The van der Waals surface area contributed by atoms with Gasteiger partial charge in [0.1, 0.15) is 0 Å². The van der Waals surface area contributed by atoms with Crippen molar-refractivity contribution in [2.75, 3.05) is 25.1 Å². The van der Waals surface area contributed by atoms with Crippen molar-refractivity contribution in [3.05, 3.63) is 12.3 Å². The van der Waals surface area contributed by atoms with Crippen molar-refractivity contribution in [2.45, 2.75) is 31.7 Å². The smallest absolute Gasteiger partial charge is 0.228 e. The monoisotopic (exact) mass is 276 g/mol. The molecule has 1 aliphatic carbocycles. The molecule has 1 aromatic rings. The molecule has 2 aliphatic rings. The second kappa shape index (κ2) is 5.64. The van der Waals surface area contributed by atoms with Crippen molar-refractivity contribution in [1.29, 1.82) is 0 Å². The van der Waals surface area contributed by atoms with Gasteiger partial charge in [0, 0.05) is 37.3 Å². The van der Waals surface area contributed by atoms with Gasteiger partial charge >= 0.3 is 0 Å². The molecule has 0 bridgehead atoms. The summed E-state index contributed by atoms with van der Waals surface area (Å²) in [5.41, 5.74) is 0. The number of methoxy groups -OCH3 is 1. The number of hydrogen-bond donors (Lipinski definition) is 1. The predicted molar refractivity (Wildman–Crippen MR) is 74.7 cm³/mol. The molecule has 2 heterocycles. The van der Waals surface area contributed by atoms with E-state index in [2.05, 4.69) is 20.2 Å². The van der Waals surface area contributed by atoms with Gasteiger partial charge in [-0.1, -0.05) is 0 Å². The minimum absolute atomic E-state index is 0.237. The average molecular weight is 276 g/mol. The molecule has 20 heavy (non-hydrogen) atoms. The maximum atomic E-state index is 11.7. The molecule has 0 spiro atoms. The molecule has 1 saturated heterocycles. The van der Waals surface area contributed by atoms with E-state index in [1.807, 2.05) is 0 Å². The first kappa shape index (κ1) is 13.1. The number of carbonyl (C=O) groups excluding carboxylic acids is 1.